The summed E-state index contributed by atoms with van der Waals surface area (Å²) in [6.45, 7) is 9.16. The molecule has 0 atom stereocenters. The van der Waals surface area contributed by atoms with Crippen molar-refractivity contribution >= 4 is 16.9 Å². The van der Waals surface area contributed by atoms with Gasteiger partial charge >= 0.3 is 0 Å². The van der Waals surface area contributed by atoms with Crippen LogP contribution in [-0.2, 0) is 0 Å². The van der Waals surface area contributed by atoms with Gasteiger partial charge < -0.3 is 0 Å². The van der Waals surface area contributed by atoms with Gasteiger partial charge in [0.2, 0.25) is 0 Å². The summed E-state index contributed by atoms with van der Waals surface area (Å²) >= 11 is 1.87. The van der Waals surface area contributed by atoms with Crippen LogP contribution in [0.3, 0.4) is 0 Å². The molecule has 1 heterocycles. The van der Waals surface area contributed by atoms with Crippen molar-refractivity contribution in [1.82, 2.24) is 4.98 Å². The third-order valence-electron chi connectivity index (χ3n) is 3.34. The first kappa shape index (κ1) is 11.8. The van der Waals surface area contributed by atoms with Gasteiger partial charge in [0.1, 0.15) is 5.01 Å². The molecule has 0 fully saturated rings. The molecule has 0 N–H and O–H groups in total. The van der Waals surface area contributed by atoms with Gasteiger partial charge in [0, 0.05) is 11.1 Å². The zero-order valence-electron chi connectivity index (χ0n) is 10.7. The summed E-state index contributed by atoms with van der Waals surface area (Å²) in [6.07, 6.45) is 8.12. The van der Waals surface area contributed by atoms with Crippen LogP contribution in [0.15, 0.2) is 12.3 Å². The molecule has 0 saturated carbocycles. The van der Waals surface area contributed by atoms with E-state index in [-0.39, 0.29) is 0 Å². The van der Waals surface area contributed by atoms with E-state index in [1.54, 1.807) is 0 Å². The maximum atomic E-state index is 4.56. The van der Waals surface area contributed by atoms with Crippen LogP contribution in [0.1, 0.15) is 62.8 Å². The topological polar surface area (TPSA) is 12.9 Å². The van der Waals surface area contributed by atoms with E-state index in [4.69, 9.17) is 0 Å². The van der Waals surface area contributed by atoms with Crippen molar-refractivity contribution in [3.8, 4) is 0 Å². The number of hydrogen-bond acceptors (Lipinski definition) is 2. The number of thiazole rings is 1. The number of allylic oxidation sites excluding steroid dienone is 2. The van der Waals surface area contributed by atoms with Gasteiger partial charge in [-0.15, -0.1) is 11.3 Å². The molecule has 0 radical (unpaired) electrons. The Morgan fingerprint density at radius 2 is 2.12 bits per heavy atom. The average Bonchev–Trinajstić information content (AvgIpc) is 2.66. The quantitative estimate of drug-likeness (QED) is 0.713. The number of nitrogens with zero attached hydrogens (tertiary/aromatic N) is 1. The fourth-order valence-electron chi connectivity index (χ4n) is 1.97. The van der Waals surface area contributed by atoms with Crippen LogP contribution in [-0.4, -0.2) is 4.98 Å². The van der Waals surface area contributed by atoms with E-state index in [2.05, 4.69) is 38.8 Å². The molecule has 88 valence electrons. The average molecular weight is 235 g/mol. The summed E-state index contributed by atoms with van der Waals surface area (Å²) in [7, 11) is 0. The molecule has 0 spiro atoms. The first-order valence-electron chi connectivity index (χ1n) is 6.13. The molecule has 1 aromatic heterocycles. The summed E-state index contributed by atoms with van der Waals surface area (Å²) in [5.74, 6) is 0.604. The Hall–Kier alpha value is -0.630. The largest absolute Gasteiger partial charge is 0.245 e. The predicted octanol–water partition coefficient (Wildman–Crippen LogP) is 4.86. The molecular weight excluding hydrogens is 214 g/mol. The Bertz CT molecular complexity index is 399. The van der Waals surface area contributed by atoms with Gasteiger partial charge in [0.15, 0.2) is 0 Å². The molecule has 0 unspecified atom stereocenters. The number of aromatic nitrogens is 1. The normalized spacial score (nSPS) is 19.9. The van der Waals surface area contributed by atoms with Crippen molar-refractivity contribution in [2.45, 2.75) is 52.9 Å². The fraction of sp³-hybridized carbons (Fsp3) is 0.643. The van der Waals surface area contributed by atoms with Crippen LogP contribution in [0.25, 0.3) is 5.57 Å². The molecule has 2 rings (SSSR count). The van der Waals surface area contributed by atoms with Gasteiger partial charge in [-0.25, -0.2) is 4.98 Å². The first-order valence-corrected chi connectivity index (χ1v) is 6.95. The van der Waals surface area contributed by atoms with E-state index in [1.165, 1.54) is 34.7 Å². The second-order valence-electron chi connectivity index (χ2n) is 5.82. The monoisotopic (exact) mass is 235 g/mol. The van der Waals surface area contributed by atoms with Crippen LogP contribution in [0.5, 0.6) is 0 Å². The SMILES string of the molecule is CC(C)c1cnc(C2=CCC(C)(C)CC2)s1. The molecule has 0 aliphatic heterocycles. The Balaban J connectivity index is 2.16. The summed E-state index contributed by atoms with van der Waals surface area (Å²) in [4.78, 5) is 5.96. The molecular formula is C14H21NS. The Kier molecular flexibility index (Phi) is 3.20. The second-order valence-corrected chi connectivity index (χ2v) is 6.88. The molecule has 1 aliphatic rings. The smallest absolute Gasteiger partial charge is 0.119 e. The predicted molar refractivity (Wildman–Crippen MR) is 71.8 cm³/mol. The zero-order chi connectivity index (χ0) is 11.8. The molecule has 0 aromatic carbocycles. The minimum atomic E-state index is 0.488. The van der Waals surface area contributed by atoms with Gasteiger partial charge in [-0.05, 0) is 36.2 Å². The van der Waals surface area contributed by atoms with Crippen LogP contribution in [0.4, 0.5) is 0 Å². The number of hydrogen-bond donors (Lipinski definition) is 0. The van der Waals surface area contributed by atoms with Gasteiger partial charge in [0.05, 0.1) is 0 Å². The highest BCUT2D eigenvalue weighted by atomic mass is 32.1. The lowest BCUT2D eigenvalue weighted by Crippen LogP contribution is -2.13. The summed E-state index contributed by atoms with van der Waals surface area (Å²) in [5.41, 5.74) is 1.96. The lowest BCUT2D eigenvalue weighted by molar-refractivity contribution is 0.335. The third-order valence-corrected chi connectivity index (χ3v) is 4.71. The molecule has 2 heteroatoms. The van der Waals surface area contributed by atoms with E-state index < -0.39 is 0 Å². The molecule has 0 bridgehead atoms. The van der Waals surface area contributed by atoms with E-state index in [9.17, 15) is 0 Å². The summed E-state index contributed by atoms with van der Waals surface area (Å²) in [6, 6.07) is 0. The Morgan fingerprint density at radius 1 is 1.38 bits per heavy atom. The van der Waals surface area contributed by atoms with E-state index in [1.807, 2.05) is 17.5 Å². The van der Waals surface area contributed by atoms with Crippen molar-refractivity contribution in [3.63, 3.8) is 0 Å². The highest BCUT2D eigenvalue weighted by Crippen LogP contribution is 2.39. The van der Waals surface area contributed by atoms with Crippen LogP contribution >= 0.6 is 11.3 Å². The molecule has 16 heavy (non-hydrogen) atoms. The molecule has 0 saturated heterocycles. The lowest BCUT2D eigenvalue weighted by Gasteiger charge is -2.27. The second kappa shape index (κ2) is 4.33. The molecule has 0 amide bonds. The van der Waals surface area contributed by atoms with Crippen molar-refractivity contribution in [2.24, 2.45) is 5.41 Å². The van der Waals surface area contributed by atoms with Crippen molar-refractivity contribution in [3.05, 3.63) is 22.2 Å². The molecule has 1 aliphatic carbocycles. The Morgan fingerprint density at radius 3 is 2.62 bits per heavy atom. The van der Waals surface area contributed by atoms with Crippen molar-refractivity contribution < 1.29 is 0 Å². The third kappa shape index (κ3) is 2.54. The highest BCUT2D eigenvalue weighted by molar-refractivity contribution is 7.12. The fourth-order valence-corrected chi connectivity index (χ4v) is 2.96. The first-order chi connectivity index (χ1) is 7.48. The molecule has 1 aromatic rings. The van der Waals surface area contributed by atoms with E-state index >= 15 is 0 Å². The van der Waals surface area contributed by atoms with Gasteiger partial charge in [-0.1, -0.05) is 33.8 Å². The molecule has 1 nitrogen and oxygen atoms in total. The highest BCUT2D eigenvalue weighted by Gasteiger charge is 2.23. The van der Waals surface area contributed by atoms with E-state index in [0.717, 1.165) is 0 Å². The van der Waals surface area contributed by atoms with Gasteiger partial charge in [0.25, 0.3) is 0 Å². The zero-order valence-corrected chi connectivity index (χ0v) is 11.5. The van der Waals surface area contributed by atoms with Crippen molar-refractivity contribution in [2.75, 3.05) is 0 Å². The van der Waals surface area contributed by atoms with E-state index in [0.29, 0.717) is 11.3 Å². The number of rotatable bonds is 2. The summed E-state index contributed by atoms with van der Waals surface area (Å²) in [5, 5.41) is 1.25. The van der Waals surface area contributed by atoms with Crippen LogP contribution < -0.4 is 0 Å². The minimum Gasteiger partial charge on any atom is -0.245 e. The van der Waals surface area contributed by atoms with Crippen LogP contribution in [0.2, 0.25) is 0 Å². The lowest BCUT2D eigenvalue weighted by atomic mass is 9.78. The van der Waals surface area contributed by atoms with Gasteiger partial charge in [-0.2, -0.15) is 0 Å². The Labute approximate surface area is 103 Å². The standard InChI is InChI=1S/C14H21NS/c1-10(2)12-9-15-13(16-12)11-5-7-14(3,4)8-6-11/h5,9-10H,6-8H2,1-4H3. The maximum absolute atomic E-state index is 4.56. The summed E-state index contributed by atoms with van der Waals surface area (Å²) < 4.78 is 0. The minimum absolute atomic E-state index is 0.488. The van der Waals surface area contributed by atoms with Gasteiger partial charge in [-0.3, -0.25) is 0 Å². The van der Waals surface area contributed by atoms with Crippen molar-refractivity contribution in [1.29, 1.82) is 0 Å². The van der Waals surface area contributed by atoms with Crippen LogP contribution in [0, 0.1) is 5.41 Å². The maximum Gasteiger partial charge on any atom is 0.119 e.